The van der Waals surface area contributed by atoms with Crippen LogP contribution in [0.2, 0.25) is 0 Å². The van der Waals surface area contributed by atoms with Crippen LogP contribution in [0.25, 0.3) is 5.69 Å². The Morgan fingerprint density at radius 1 is 1.11 bits per heavy atom. The van der Waals surface area contributed by atoms with Gasteiger partial charge in [-0.05, 0) is 60.5 Å². The summed E-state index contributed by atoms with van der Waals surface area (Å²) in [6.07, 6.45) is 3.58. The Bertz CT molecular complexity index is 919. The molecule has 0 bridgehead atoms. The molecule has 0 aliphatic heterocycles. The van der Waals surface area contributed by atoms with Crippen LogP contribution in [-0.2, 0) is 6.54 Å². The molecule has 0 aliphatic rings. The van der Waals surface area contributed by atoms with Gasteiger partial charge >= 0.3 is 0 Å². The molecule has 0 atom stereocenters. The number of hydrogen-bond donors (Lipinski definition) is 0. The third-order valence-corrected chi connectivity index (χ3v) is 4.48. The largest absolute Gasteiger partial charge is 0.493 e. The van der Waals surface area contributed by atoms with E-state index < -0.39 is 0 Å². The van der Waals surface area contributed by atoms with Gasteiger partial charge in [-0.25, -0.2) is 4.68 Å². The minimum Gasteiger partial charge on any atom is -0.493 e. The molecular weight excluding hydrogens is 342 g/mol. The molecule has 6 heteroatoms. The molecule has 3 aromatic rings. The number of hydrogen-bond acceptors (Lipinski definition) is 4. The molecule has 1 amide bonds. The Labute approximate surface area is 158 Å². The maximum absolute atomic E-state index is 12.8. The fourth-order valence-corrected chi connectivity index (χ4v) is 2.92. The zero-order valence-corrected chi connectivity index (χ0v) is 16.0. The number of methoxy groups -OCH3 is 2. The standard InChI is InChI=1S/C21H23N3O3/c1-15-12-19(26-3)20(27-4)13-17(15)14-23(2)21(25)16-6-8-18(9-7-16)24-11-5-10-22-24/h5-13H,14H2,1-4H3. The van der Waals surface area contributed by atoms with Crippen LogP contribution >= 0.6 is 0 Å². The highest BCUT2D eigenvalue weighted by molar-refractivity contribution is 5.94. The molecule has 0 radical (unpaired) electrons. The number of aryl methyl sites for hydroxylation is 1. The molecule has 27 heavy (non-hydrogen) atoms. The molecule has 0 fully saturated rings. The highest BCUT2D eigenvalue weighted by atomic mass is 16.5. The number of aromatic nitrogens is 2. The Kier molecular flexibility index (Phi) is 5.45. The number of benzene rings is 2. The maximum Gasteiger partial charge on any atom is 0.253 e. The van der Waals surface area contributed by atoms with Gasteiger partial charge in [-0.1, -0.05) is 0 Å². The highest BCUT2D eigenvalue weighted by Crippen LogP contribution is 2.30. The van der Waals surface area contributed by atoms with Crippen LogP contribution in [0.5, 0.6) is 11.5 Å². The normalized spacial score (nSPS) is 10.5. The van der Waals surface area contributed by atoms with E-state index in [0.717, 1.165) is 16.8 Å². The van der Waals surface area contributed by atoms with Crippen molar-refractivity contribution in [2.24, 2.45) is 0 Å². The Hall–Kier alpha value is -3.28. The van der Waals surface area contributed by atoms with Crippen LogP contribution in [-0.4, -0.2) is 41.9 Å². The molecule has 0 unspecified atom stereocenters. The second-order valence-corrected chi connectivity index (χ2v) is 6.29. The lowest BCUT2D eigenvalue weighted by molar-refractivity contribution is 0.0785. The summed E-state index contributed by atoms with van der Waals surface area (Å²) in [5, 5.41) is 4.19. The number of nitrogens with zero attached hydrogens (tertiary/aromatic N) is 3. The first kappa shape index (κ1) is 18.5. The van der Waals surface area contributed by atoms with E-state index in [1.54, 1.807) is 37.0 Å². The molecule has 0 saturated carbocycles. The lowest BCUT2D eigenvalue weighted by Gasteiger charge is -2.20. The van der Waals surface area contributed by atoms with Gasteiger partial charge in [0, 0.05) is 31.5 Å². The second-order valence-electron chi connectivity index (χ2n) is 6.29. The van der Waals surface area contributed by atoms with Crippen molar-refractivity contribution in [2.75, 3.05) is 21.3 Å². The van der Waals surface area contributed by atoms with Crippen molar-refractivity contribution >= 4 is 5.91 Å². The summed E-state index contributed by atoms with van der Waals surface area (Å²) in [6, 6.07) is 13.1. The van der Waals surface area contributed by atoms with E-state index in [9.17, 15) is 4.79 Å². The van der Waals surface area contributed by atoms with Crippen molar-refractivity contribution in [1.29, 1.82) is 0 Å². The molecule has 0 saturated heterocycles. The zero-order valence-electron chi connectivity index (χ0n) is 16.0. The Balaban J connectivity index is 1.76. The smallest absolute Gasteiger partial charge is 0.253 e. The van der Waals surface area contributed by atoms with E-state index >= 15 is 0 Å². The summed E-state index contributed by atoms with van der Waals surface area (Å²) in [6.45, 7) is 2.47. The average molecular weight is 365 g/mol. The van der Waals surface area contributed by atoms with Crippen LogP contribution in [0.15, 0.2) is 54.9 Å². The lowest BCUT2D eigenvalue weighted by atomic mass is 10.1. The Morgan fingerprint density at radius 3 is 2.37 bits per heavy atom. The van der Waals surface area contributed by atoms with Gasteiger partial charge in [-0.3, -0.25) is 4.79 Å². The molecule has 1 aromatic heterocycles. The minimum atomic E-state index is -0.0452. The summed E-state index contributed by atoms with van der Waals surface area (Å²) < 4.78 is 12.4. The number of rotatable bonds is 6. The van der Waals surface area contributed by atoms with Gasteiger partial charge in [0.15, 0.2) is 11.5 Å². The summed E-state index contributed by atoms with van der Waals surface area (Å²) in [7, 11) is 5.01. The summed E-state index contributed by atoms with van der Waals surface area (Å²) >= 11 is 0. The fraction of sp³-hybridized carbons (Fsp3) is 0.238. The fourth-order valence-electron chi connectivity index (χ4n) is 2.92. The number of carbonyl (C=O) groups excluding carboxylic acids is 1. The van der Waals surface area contributed by atoms with Crippen molar-refractivity contribution in [3.63, 3.8) is 0 Å². The van der Waals surface area contributed by atoms with E-state index in [2.05, 4.69) is 5.10 Å². The quantitative estimate of drug-likeness (QED) is 0.671. The van der Waals surface area contributed by atoms with Crippen LogP contribution in [0, 0.1) is 6.92 Å². The van der Waals surface area contributed by atoms with Gasteiger partial charge in [0.25, 0.3) is 5.91 Å². The molecule has 0 N–H and O–H groups in total. The highest BCUT2D eigenvalue weighted by Gasteiger charge is 2.15. The van der Waals surface area contributed by atoms with Gasteiger partial charge in [0.2, 0.25) is 0 Å². The van der Waals surface area contributed by atoms with Gasteiger partial charge < -0.3 is 14.4 Å². The van der Waals surface area contributed by atoms with Crippen molar-refractivity contribution in [1.82, 2.24) is 14.7 Å². The molecule has 0 aliphatic carbocycles. The third kappa shape index (κ3) is 3.95. The topological polar surface area (TPSA) is 56.6 Å². The minimum absolute atomic E-state index is 0.0452. The zero-order chi connectivity index (χ0) is 19.4. The molecular formula is C21H23N3O3. The molecule has 1 heterocycles. The van der Waals surface area contributed by atoms with Crippen LogP contribution in [0.3, 0.4) is 0 Å². The Morgan fingerprint density at radius 2 is 1.78 bits per heavy atom. The van der Waals surface area contributed by atoms with Crippen LogP contribution in [0.1, 0.15) is 21.5 Å². The third-order valence-electron chi connectivity index (χ3n) is 4.48. The number of ether oxygens (including phenoxy) is 2. The van der Waals surface area contributed by atoms with E-state index in [0.29, 0.717) is 23.6 Å². The van der Waals surface area contributed by atoms with Crippen molar-refractivity contribution < 1.29 is 14.3 Å². The summed E-state index contributed by atoms with van der Waals surface area (Å²) in [5.41, 5.74) is 3.60. The number of amides is 1. The van der Waals surface area contributed by atoms with Crippen LogP contribution in [0.4, 0.5) is 0 Å². The molecule has 3 rings (SSSR count). The van der Waals surface area contributed by atoms with Gasteiger partial charge in [0.05, 0.1) is 19.9 Å². The van der Waals surface area contributed by atoms with Crippen molar-refractivity contribution in [3.8, 4) is 17.2 Å². The molecule has 6 nitrogen and oxygen atoms in total. The first-order chi connectivity index (χ1) is 13.0. The molecule has 0 spiro atoms. The van der Waals surface area contributed by atoms with Gasteiger partial charge in [-0.2, -0.15) is 5.10 Å². The molecule has 2 aromatic carbocycles. The monoisotopic (exact) mass is 365 g/mol. The summed E-state index contributed by atoms with van der Waals surface area (Å²) in [4.78, 5) is 14.5. The van der Waals surface area contributed by atoms with E-state index in [1.165, 1.54) is 0 Å². The van der Waals surface area contributed by atoms with Crippen molar-refractivity contribution in [3.05, 3.63) is 71.5 Å². The summed E-state index contributed by atoms with van der Waals surface area (Å²) in [5.74, 6) is 1.29. The van der Waals surface area contributed by atoms with Gasteiger partial charge in [-0.15, -0.1) is 0 Å². The van der Waals surface area contributed by atoms with E-state index in [-0.39, 0.29) is 5.91 Å². The first-order valence-electron chi connectivity index (χ1n) is 8.60. The van der Waals surface area contributed by atoms with Gasteiger partial charge in [0.1, 0.15) is 0 Å². The predicted octanol–water partition coefficient (Wildman–Crippen LogP) is 3.47. The maximum atomic E-state index is 12.8. The first-order valence-corrected chi connectivity index (χ1v) is 8.60. The van der Waals surface area contributed by atoms with Crippen LogP contribution < -0.4 is 9.47 Å². The molecule has 140 valence electrons. The van der Waals surface area contributed by atoms with Crippen molar-refractivity contribution in [2.45, 2.75) is 13.5 Å². The van der Waals surface area contributed by atoms with E-state index in [4.69, 9.17) is 9.47 Å². The second kappa shape index (κ2) is 7.95. The average Bonchev–Trinajstić information content (AvgIpc) is 3.23. The lowest BCUT2D eigenvalue weighted by Crippen LogP contribution is -2.26. The van der Waals surface area contributed by atoms with E-state index in [1.807, 2.05) is 55.6 Å². The number of carbonyl (C=O) groups is 1. The predicted molar refractivity (Wildman–Crippen MR) is 104 cm³/mol. The SMILES string of the molecule is COc1cc(C)c(CN(C)C(=O)c2ccc(-n3cccn3)cc2)cc1OC.